The second-order valence-electron chi connectivity index (χ2n) is 15.7. The smallest absolute Gasteiger partial charge is 0.306 e. The first-order chi connectivity index (χ1) is 25.1. The van der Waals surface area contributed by atoms with E-state index in [9.17, 15) is 14.3 Å². The third-order valence-corrected chi connectivity index (χ3v) is 10.2. The predicted molar refractivity (Wildman–Crippen MR) is 217 cm³/mol. The Morgan fingerprint density at radius 1 is 0.596 bits per heavy atom. The molecule has 0 aromatic rings. The number of phosphoric ester groups is 1. The van der Waals surface area contributed by atoms with Crippen molar-refractivity contribution in [1.82, 2.24) is 0 Å². The van der Waals surface area contributed by atoms with E-state index in [-0.39, 0.29) is 25.8 Å². The van der Waals surface area contributed by atoms with Crippen LogP contribution >= 0.6 is 7.82 Å². The molecule has 0 heterocycles. The molecule has 0 fully saturated rings. The summed E-state index contributed by atoms with van der Waals surface area (Å²) in [6.07, 6.45) is 40.4. The molecule has 52 heavy (non-hydrogen) atoms. The van der Waals surface area contributed by atoms with Gasteiger partial charge in [-0.2, -0.15) is 0 Å². The number of nitrogens with zero attached hydrogens (tertiary/aromatic N) is 1. The molecule has 0 saturated carbocycles. The van der Waals surface area contributed by atoms with Crippen LogP contribution in [0.5, 0.6) is 0 Å². The molecule has 0 radical (unpaired) electrons. The summed E-state index contributed by atoms with van der Waals surface area (Å²) in [5.41, 5.74) is 0. The molecule has 0 aromatic carbocycles. The van der Waals surface area contributed by atoms with Crippen LogP contribution in [0.4, 0.5) is 0 Å². The van der Waals surface area contributed by atoms with Crippen molar-refractivity contribution < 1.29 is 37.3 Å². The average Bonchev–Trinajstić information content (AvgIpc) is 3.09. The van der Waals surface area contributed by atoms with Crippen molar-refractivity contribution in [3.8, 4) is 0 Å². The lowest BCUT2D eigenvalue weighted by molar-refractivity contribution is -0.870. The van der Waals surface area contributed by atoms with Gasteiger partial charge in [0, 0.05) is 13.0 Å². The van der Waals surface area contributed by atoms with E-state index < -0.39 is 13.9 Å². The molecule has 0 spiro atoms. The summed E-state index contributed by atoms with van der Waals surface area (Å²) in [6, 6.07) is 0. The molecule has 2 atom stereocenters. The Balaban J connectivity index is 4.24. The Hall–Kier alpha value is -1.02. The van der Waals surface area contributed by atoms with Crippen molar-refractivity contribution in [3.05, 3.63) is 24.3 Å². The van der Waals surface area contributed by atoms with Crippen molar-refractivity contribution in [1.29, 1.82) is 0 Å². The van der Waals surface area contributed by atoms with Crippen LogP contribution in [0.15, 0.2) is 24.3 Å². The van der Waals surface area contributed by atoms with Crippen LogP contribution in [0, 0.1) is 0 Å². The van der Waals surface area contributed by atoms with Crippen molar-refractivity contribution in [3.63, 3.8) is 0 Å². The van der Waals surface area contributed by atoms with Gasteiger partial charge in [0.05, 0.1) is 34.4 Å². The second-order valence-corrected chi connectivity index (χ2v) is 17.1. The van der Waals surface area contributed by atoms with Gasteiger partial charge in [-0.25, -0.2) is 0 Å². The van der Waals surface area contributed by atoms with E-state index in [1.807, 2.05) is 21.1 Å². The summed E-state index contributed by atoms with van der Waals surface area (Å²) < 4.78 is 34.5. The van der Waals surface area contributed by atoms with Crippen LogP contribution < -0.4 is 4.89 Å². The normalized spacial score (nSPS) is 14.0. The predicted octanol–water partition coefficient (Wildman–Crippen LogP) is 11.8. The standard InChI is InChI=1S/C43H84NO7P/c1-6-8-10-12-14-16-18-20-21-22-23-25-27-29-31-33-35-38-48-40-42(41-50-52(46,47)49-39-37-44(3,4)5)51-43(45)36-34-32-30-28-26-24-19-17-15-13-11-9-7-2/h16,18,21-22,42H,6-15,17,19-20,23-41H2,1-5H3/b18-16-,22-21-. The van der Waals surface area contributed by atoms with Gasteiger partial charge in [0.2, 0.25) is 0 Å². The van der Waals surface area contributed by atoms with Gasteiger partial charge >= 0.3 is 5.97 Å². The highest BCUT2D eigenvalue weighted by Gasteiger charge is 2.20. The Kier molecular flexibility index (Phi) is 36.2. The monoisotopic (exact) mass is 758 g/mol. The fraction of sp³-hybridized carbons (Fsp3) is 0.884. The van der Waals surface area contributed by atoms with E-state index in [4.69, 9.17) is 18.5 Å². The minimum Gasteiger partial charge on any atom is -0.756 e. The lowest BCUT2D eigenvalue weighted by Crippen LogP contribution is -2.37. The number of hydrogen-bond donors (Lipinski definition) is 0. The van der Waals surface area contributed by atoms with E-state index in [0.717, 1.165) is 44.9 Å². The van der Waals surface area contributed by atoms with Crippen LogP contribution in [-0.2, 0) is 27.9 Å². The van der Waals surface area contributed by atoms with Crippen LogP contribution in [-0.4, -0.2) is 70.7 Å². The van der Waals surface area contributed by atoms with E-state index in [2.05, 4.69) is 38.2 Å². The molecule has 0 aromatic heterocycles. The van der Waals surface area contributed by atoms with Crippen molar-refractivity contribution in [2.75, 3.05) is 54.1 Å². The van der Waals surface area contributed by atoms with Gasteiger partial charge in [-0.3, -0.25) is 9.36 Å². The van der Waals surface area contributed by atoms with E-state index in [0.29, 0.717) is 24.1 Å². The zero-order valence-electron chi connectivity index (χ0n) is 34.8. The van der Waals surface area contributed by atoms with Crippen LogP contribution in [0.2, 0.25) is 0 Å². The van der Waals surface area contributed by atoms with Crippen LogP contribution in [0.3, 0.4) is 0 Å². The first-order valence-electron chi connectivity index (χ1n) is 21.6. The summed E-state index contributed by atoms with van der Waals surface area (Å²) in [5.74, 6) is -0.337. The molecule has 9 heteroatoms. The largest absolute Gasteiger partial charge is 0.756 e. The third-order valence-electron chi connectivity index (χ3n) is 9.26. The number of rotatable bonds is 40. The summed E-state index contributed by atoms with van der Waals surface area (Å²) in [6.45, 7) is 5.39. The molecule has 0 aliphatic rings. The maximum absolute atomic E-state index is 12.6. The van der Waals surface area contributed by atoms with Crippen molar-refractivity contribution >= 4 is 13.8 Å². The third kappa shape index (κ3) is 40.2. The fourth-order valence-corrected chi connectivity index (χ4v) is 6.60. The number of phosphoric acid groups is 1. The number of likely N-dealkylation sites (N-methyl/N-ethyl adjacent to an activating group) is 1. The van der Waals surface area contributed by atoms with Crippen molar-refractivity contribution in [2.24, 2.45) is 0 Å². The molecule has 0 aliphatic heterocycles. The van der Waals surface area contributed by atoms with Gasteiger partial charge in [0.15, 0.2) is 0 Å². The van der Waals surface area contributed by atoms with Gasteiger partial charge in [-0.1, -0.05) is 160 Å². The average molecular weight is 758 g/mol. The highest BCUT2D eigenvalue weighted by Crippen LogP contribution is 2.38. The van der Waals surface area contributed by atoms with Gasteiger partial charge in [0.25, 0.3) is 7.82 Å². The van der Waals surface area contributed by atoms with Crippen LogP contribution in [0.1, 0.15) is 187 Å². The Labute approximate surface area is 322 Å². The van der Waals surface area contributed by atoms with Gasteiger partial charge < -0.3 is 27.9 Å². The minimum atomic E-state index is -4.52. The van der Waals surface area contributed by atoms with Gasteiger partial charge in [-0.05, 0) is 44.9 Å². The zero-order chi connectivity index (χ0) is 38.4. The number of ether oxygens (including phenoxy) is 2. The topological polar surface area (TPSA) is 94.1 Å². The molecule has 0 amide bonds. The van der Waals surface area contributed by atoms with Gasteiger partial charge in [-0.15, -0.1) is 0 Å². The molecule has 0 saturated heterocycles. The van der Waals surface area contributed by atoms with Gasteiger partial charge in [0.1, 0.15) is 19.3 Å². The fourth-order valence-electron chi connectivity index (χ4n) is 5.87. The molecule has 2 unspecified atom stereocenters. The minimum absolute atomic E-state index is 0.0257. The molecule has 0 rings (SSSR count). The molecule has 308 valence electrons. The summed E-state index contributed by atoms with van der Waals surface area (Å²) >= 11 is 0. The highest BCUT2D eigenvalue weighted by molar-refractivity contribution is 7.45. The molecule has 0 aliphatic carbocycles. The number of esters is 1. The Morgan fingerprint density at radius 3 is 1.58 bits per heavy atom. The first kappa shape index (κ1) is 51.0. The van der Waals surface area contributed by atoms with Crippen LogP contribution in [0.25, 0.3) is 0 Å². The molecule has 0 bridgehead atoms. The number of hydrogen-bond acceptors (Lipinski definition) is 7. The van der Waals surface area contributed by atoms with Crippen molar-refractivity contribution in [2.45, 2.75) is 193 Å². The molecule has 0 N–H and O–H groups in total. The lowest BCUT2D eigenvalue weighted by atomic mass is 10.0. The van der Waals surface area contributed by atoms with E-state index in [1.165, 1.54) is 122 Å². The Morgan fingerprint density at radius 2 is 1.06 bits per heavy atom. The number of allylic oxidation sites excluding steroid dienone is 4. The number of unbranched alkanes of at least 4 members (excludes halogenated alkanes) is 22. The number of quaternary nitrogens is 1. The zero-order valence-corrected chi connectivity index (χ0v) is 35.7. The quantitative estimate of drug-likeness (QED) is 0.0202. The van der Waals surface area contributed by atoms with E-state index >= 15 is 0 Å². The highest BCUT2D eigenvalue weighted by atomic mass is 31.2. The second kappa shape index (κ2) is 36.9. The molecular formula is C43H84NO7P. The molecular weight excluding hydrogens is 673 g/mol. The summed E-state index contributed by atoms with van der Waals surface area (Å²) in [4.78, 5) is 25.0. The summed E-state index contributed by atoms with van der Waals surface area (Å²) in [7, 11) is 1.35. The van der Waals surface area contributed by atoms with E-state index in [1.54, 1.807) is 0 Å². The summed E-state index contributed by atoms with van der Waals surface area (Å²) in [5, 5.41) is 0. The maximum Gasteiger partial charge on any atom is 0.306 e. The Bertz CT molecular complexity index is 889. The number of carbonyl (C=O) groups is 1. The lowest BCUT2D eigenvalue weighted by Gasteiger charge is -2.28. The molecule has 8 nitrogen and oxygen atoms in total. The first-order valence-corrected chi connectivity index (χ1v) is 23.0. The maximum atomic E-state index is 12.6. The number of carbonyl (C=O) groups excluding carboxylic acids is 1. The SMILES string of the molecule is CCCCCC/C=C\C/C=C\CCCCCCCCOCC(COP(=O)([O-])OCC[N+](C)(C)C)OC(=O)CCCCCCCCCCCCCCC.